The molecule has 0 bridgehead atoms. The Morgan fingerprint density at radius 2 is 1.86 bits per heavy atom. The summed E-state index contributed by atoms with van der Waals surface area (Å²) >= 11 is 0. The maximum Gasteiger partial charge on any atom is 0.257 e. The highest BCUT2D eigenvalue weighted by Gasteiger charge is 2.31. The molecule has 0 radical (unpaired) electrons. The fraction of sp³-hybridized carbons (Fsp3) is 0.615. The summed E-state index contributed by atoms with van der Waals surface area (Å²) in [5, 5.41) is 12.1. The summed E-state index contributed by atoms with van der Waals surface area (Å²) in [4.78, 5) is 10.8. The third kappa shape index (κ3) is 2.85. The Hall–Kier alpha value is -2.09. The molecule has 0 spiro atoms. The molecule has 0 saturated carbocycles. The van der Waals surface area contributed by atoms with Crippen molar-refractivity contribution in [1.82, 2.24) is 25.3 Å². The van der Waals surface area contributed by atoms with Crippen molar-refractivity contribution in [3.63, 3.8) is 0 Å². The maximum absolute atomic E-state index is 5.88. The third-order valence-electron chi connectivity index (χ3n) is 3.44. The van der Waals surface area contributed by atoms with Gasteiger partial charge in [-0.1, -0.05) is 5.16 Å². The van der Waals surface area contributed by atoms with E-state index in [0.29, 0.717) is 30.8 Å². The summed E-state index contributed by atoms with van der Waals surface area (Å²) < 4.78 is 11.1. The van der Waals surface area contributed by atoms with Crippen molar-refractivity contribution in [3.8, 4) is 0 Å². The lowest BCUT2D eigenvalue weighted by atomic mass is 10.2. The van der Waals surface area contributed by atoms with E-state index in [0.717, 1.165) is 11.4 Å². The first-order valence-electron chi connectivity index (χ1n) is 6.91. The highest BCUT2D eigenvalue weighted by molar-refractivity contribution is 5.31. The quantitative estimate of drug-likeness (QED) is 0.813. The summed E-state index contributed by atoms with van der Waals surface area (Å²) in [5.41, 5.74) is 1.72. The van der Waals surface area contributed by atoms with Crippen molar-refractivity contribution < 1.29 is 9.26 Å². The largest absolute Gasteiger partial charge is 0.362 e. The molecule has 112 valence electrons. The fourth-order valence-corrected chi connectivity index (χ4v) is 2.27. The van der Waals surface area contributed by atoms with Crippen LogP contribution in [0.1, 0.15) is 36.1 Å². The molecule has 1 saturated heterocycles. The fourth-order valence-electron chi connectivity index (χ4n) is 2.27. The van der Waals surface area contributed by atoms with Crippen LogP contribution in [-0.2, 0) is 4.74 Å². The van der Waals surface area contributed by atoms with E-state index in [9.17, 15) is 0 Å². The number of nitrogens with zero attached hydrogens (tertiary/aromatic N) is 6. The van der Waals surface area contributed by atoms with E-state index in [2.05, 4.69) is 25.3 Å². The minimum absolute atomic E-state index is 0.0150. The van der Waals surface area contributed by atoms with E-state index in [-0.39, 0.29) is 12.2 Å². The van der Waals surface area contributed by atoms with Crippen LogP contribution in [0.4, 0.5) is 5.95 Å². The molecule has 0 aromatic carbocycles. The molecule has 8 nitrogen and oxygen atoms in total. The monoisotopic (exact) mass is 290 g/mol. The Kier molecular flexibility index (Phi) is 3.54. The molecule has 0 N–H and O–H groups in total. The minimum atomic E-state index is -0.278. The predicted octanol–water partition coefficient (Wildman–Crippen LogP) is 1.15. The zero-order valence-electron chi connectivity index (χ0n) is 12.6. The van der Waals surface area contributed by atoms with Crippen LogP contribution in [0.25, 0.3) is 0 Å². The Bertz CT molecular complexity index is 643. The molecular weight excluding hydrogens is 272 g/mol. The van der Waals surface area contributed by atoms with E-state index in [1.54, 1.807) is 6.92 Å². The van der Waals surface area contributed by atoms with Gasteiger partial charge in [0.15, 0.2) is 11.9 Å². The first kappa shape index (κ1) is 13.9. The Balaban J connectivity index is 1.84. The molecule has 0 aliphatic carbocycles. The molecule has 0 amide bonds. The van der Waals surface area contributed by atoms with Crippen molar-refractivity contribution in [2.75, 3.05) is 18.0 Å². The minimum Gasteiger partial charge on any atom is -0.362 e. The average molecular weight is 290 g/mol. The van der Waals surface area contributed by atoms with Crippen molar-refractivity contribution in [3.05, 3.63) is 23.1 Å². The van der Waals surface area contributed by atoms with Gasteiger partial charge in [-0.2, -0.15) is 10.1 Å². The third-order valence-corrected chi connectivity index (χ3v) is 3.44. The molecule has 1 aliphatic rings. The number of anilines is 1. The standard InChI is InChI=1S/C13H18N6O2/c1-7-5-19(13-14-8(2)9(3)16-17-13)6-11(20-7)12-15-10(4)18-21-12/h7,11H,5-6H2,1-4H3/t7-,11-/m1/s1. The van der Waals surface area contributed by atoms with Gasteiger partial charge in [0.25, 0.3) is 5.89 Å². The van der Waals surface area contributed by atoms with Crippen LogP contribution in [0.3, 0.4) is 0 Å². The number of aryl methyl sites for hydroxylation is 3. The predicted molar refractivity (Wildman–Crippen MR) is 73.8 cm³/mol. The van der Waals surface area contributed by atoms with Gasteiger partial charge in [-0.15, -0.1) is 5.10 Å². The van der Waals surface area contributed by atoms with Gasteiger partial charge >= 0.3 is 0 Å². The molecule has 8 heteroatoms. The van der Waals surface area contributed by atoms with Gasteiger partial charge in [0.05, 0.1) is 24.0 Å². The zero-order chi connectivity index (χ0) is 15.0. The van der Waals surface area contributed by atoms with Crippen LogP contribution in [0.5, 0.6) is 0 Å². The van der Waals surface area contributed by atoms with E-state index in [1.807, 2.05) is 25.7 Å². The highest BCUT2D eigenvalue weighted by atomic mass is 16.5. The van der Waals surface area contributed by atoms with Gasteiger partial charge in [-0.25, -0.2) is 4.98 Å². The summed E-state index contributed by atoms with van der Waals surface area (Å²) in [5.74, 6) is 1.69. The van der Waals surface area contributed by atoms with Crippen LogP contribution in [-0.4, -0.2) is 44.5 Å². The lowest BCUT2D eigenvalue weighted by molar-refractivity contribution is -0.0336. The normalized spacial score (nSPS) is 22.6. The van der Waals surface area contributed by atoms with Crippen molar-refractivity contribution in [2.45, 2.75) is 39.9 Å². The first-order chi connectivity index (χ1) is 10.0. The smallest absolute Gasteiger partial charge is 0.257 e. The molecule has 1 aliphatic heterocycles. The molecular formula is C13H18N6O2. The molecule has 2 aromatic heterocycles. The number of rotatable bonds is 2. The van der Waals surface area contributed by atoms with Crippen LogP contribution >= 0.6 is 0 Å². The summed E-state index contributed by atoms with van der Waals surface area (Å²) in [6, 6.07) is 0. The van der Waals surface area contributed by atoms with Crippen LogP contribution in [0.2, 0.25) is 0 Å². The van der Waals surface area contributed by atoms with Gasteiger partial charge in [0.1, 0.15) is 0 Å². The van der Waals surface area contributed by atoms with E-state index in [4.69, 9.17) is 9.26 Å². The molecule has 2 atom stereocenters. The summed E-state index contributed by atoms with van der Waals surface area (Å²) in [7, 11) is 0. The first-order valence-corrected chi connectivity index (χ1v) is 6.91. The molecule has 0 unspecified atom stereocenters. The highest BCUT2D eigenvalue weighted by Crippen LogP contribution is 2.26. The van der Waals surface area contributed by atoms with Crippen LogP contribution in [0, 0.1) is 20.8 Å². The summed E-state index contributed by atoms with van der Waals surface area (Å²) in [6.45, 7) is 8.87. The lowest BCUT2D eigenvalue weighted by Crippen LogP contribution is -2.44. The molecule has 2 aromatic rings. The van der Waals surface area contributed by atoms with E-state index >= 15 is 0 Å². The maximum atomic E-state index is 5.88. The second-order valence-corrected chi connectivity index (χ2v) is 5.30. The number of aromatic nitrogens is 5. The lowest BCUT2D eigenvalue weighted by Gasteiger charge is -2.35. The molecule has 21 heavy (non-hydrogen) atoms. The molecule has 1 fully saturated rings. The van der Waals surface area contributed by atoms with Crippen molar-refractivity contribution in [2.24, 2.45) is 0 Å². The summed E-state index contributed by atoms with van der Waals surface area (Å²) in [6.07, 6.45) is -0.263. The van der Waals surface area contributed by atoms with Crippen molar-refractivity contribution in [1.29, 1.82) is 0 Å². The van der Waals surface area contributed by atoms with Gasteiger partial charge in [-0.3, -0.25) is 0 Å². The van der Waals surface area contributed by atoms with E-state index in [1.165, 1.54) is 0 Å². The zero-order valence-corrected chi connectivity index (χ0v) is 12.6. The Labute approximate surface area is 122 Å². The molecule has 3 rings (SSSR count). The van der Waals surface area contributed by atoms with Crippen LogP contribution in [0.15, 0.2) is 4.52 Å². The van der Waals surface area contributed by atoms with Crippen molar-refractivity contribution >= 4 is 5.95 Å². The van der Waals surface area contributed by atoms with Gasteiger partial charge in [0, 0.05) is 6.54 Å². The average Bonchev–Trinajstić information content (AvgIpc) is 2.88. The Morgan fingerprint density at radius 1 is 1.05 bits per heavy atom. The Morgan fingerprint density at radius 3 is 2.52 bits per heavy atom. The number of hydrogen-bond donors (Lipinski definition) is 0. The van der Waals surface area contributed by atoms with Gasteiger partial charge in [0.2, 0.25) is 5.95 Å². The number of ether oxygens (including phenoxy) is 1. The SMILES string of the molecule is Cc1noc([C@H]2CN(c3nnc(C)c(C)n3)C[C@@H](C)O2)n1. The van der Waals surface area contributed by atoms with Gasteiger partial charge < -0.3 is 14.2 Å². The second kappa shape index (κ2) is 5.36. The number of morpholine rings is 1. The number of hydrogen-bond acceptors (Lipinski definition) is 8. The second-order valence-electron chi connectivity index (χ2n) is 5.30. The van der Waals surface area contributed by atoms with E-state index < -0.39 is 0 Å². The van der Waals surface area contributed by atoms with Gasteiger partial charge in [-0.05, 0) is 27.7 Å². The molecule has 3 heterocycles. The van der Waals surface area contributed by atoms with Crippen LogP contribution < -0.4 is 4.90 Å². The topological polar surface area (TPSA) is 90.1 Å².